The van der Waals surface area contributed by atoms with Gasteiger partial charge in [0.15, 0.2) is 0 Å². The van der Waals surface area contributed by atoms with Crippen LogP contribution in [0, 0.1) is 5.41 Å². The largest absolute Gasteiger partial charge is 0.381 e. The molecule has 3 rings (SSSR count). The van der Waals surface area contributed by atoms with E-state index in [1.807, 2.05) is 11.3 Å². The fourth-order valence-corrected chi connectivity index (χ4v) is 4.10. The van der Waals surface area contributed by atoms with Crippen molar-refractivity contribution in [3.05, 3.63) is 22.4 Å². The van der Waals surface area contributed by atoms with Crippen LogP contribution in [0.3, 0.4) is 0 Å². The van der Waals surface area contributed by atoms with Gasteiger partial charge in [-0.25, -0.2) is 0 Å². The predicted octanol–water partition coefficient (Wildman–Crippen LogP) is 3.29. The van der Waals surface area contributed by atoms with Crippen LogP contribution in [-0.4, -0.2) is 44.3 Å². The lowest BCUT2D eigenvalue weighted by Crippen LogP contribution is -2.47. The third-order valence-corrected chi connectivity index (χ3v) is 6.14. The molecule has 3 nitrogen and oxygen atoms in total. The molecule has 1 aromatic rings. The third-order valence-electron chi connectivity index (χ3n) is 5.10. The van der Waals surface area contributed by atoms with E-state index in [1.54, 1.807) is 0 Å². The van der Waals surface area contributed by atoms with Crippen molar-refractivity contribution < 1.29 is 4.74 Å². The molecule has 1 aliphatic heterocycles. The molecule has 21 heavy (non-hydrogen) atoms. The van der Waals surface area contributed by atoms with Crippen LogP contribution in [-0.2, 0) is 4.74 Å². The Kier molecular flexibility index (Phi) is 4.99. The van der Waals surface area contributed by atoms with Gasteiger partial charge in [0.25, 0.3) is 0 Å². The number of ether oxygens (including phenoxy) is 1. The Bertz CT molecular complexity index is 424. The Hall–Kier alpha value is -0.420. The first-order valence-corrected chi connectivity index (χ1v) is 9.11. The molecule has 1 atom stereocenters. The lowest BCUT2D eigenvalue weighted by Gasteiger charge is -2.41. The molecule has 1 aliphatic carbocycles. The first kappa shape index (κ1) is 15.5. The van der Waals surface area contributed by atoms with Gasteiger partial charge < -0.3 is 10.1 Å². The van der Waals surface area contributed by atoms with Gasteiger partial charge >= 0.3 is 0 Å². The molecule has 0 radical (unpaired) electrons. The van der Waals surface area contributed by atoms with Crippen LogP contribution in [0.1, 0.15) is 43.5 Å². The Morgan fingerprint density at radius 1 is 1.43 bits per heavy atom. The zero-order chi connectivity index (χ0) is 14.7. The second-order valence-electron chi connectivity index (χ2n) is 6.87. The van der Waals surface area contributed by atoms with Crippen molar-refractivity contribution in [2.75, 3.05) is 33.4 Å². The number of hydrogen-bond acceptors (Lipinski definition) is 4. The summed E-state index contributed by atoms with van der Waals surface area (Å²) in [4.78, 5) is 4.00. The van der Waals surface area contributed by atoms with Crippen molar-refractivity contribution in [1.82, 2.24) is 10.2 Å². The molecule has 118 valence electrons. The van der Waals surface area contributed by atoms with E-state index in [0.717, 1.165) is 32.3 Å². The number of thiophene rings is 1. The molecular formula is C17H28N2OS. The monoisotopic (exact) mass is 308 g/mol. The van der Waals surface area contributed by atoms with Crippen LogP contribution in [0.2, 0.25) is 0 Å². The van der Waals surface area contributed by atoms with Crippen LogP contribution in [0.5, 0.6) is 0 Å². The lowest BCUT2D eigenvalue weighted by molar-refractivity contribution is -0.00579. The van der Waals surface area contributed by atoms with Crippen LogP contribution in [0.15, 0.2) is 17.5 Å². The summed E-state index contributed by atoms with van der Waals surface area (Å²) in [5, 5.41) is 5.95. The highest BCUT2D eigenvalue weighted by Crippen LogP contribution is 2.35. The molecule has 1 unspecified atom stereocenters. The van der Waals surface area contributed by atoms with Gasteiger partial charge in [-0.2, -0.15) is 0 Å². The zero-order valence-electron chi connectivity index (χ0n) is 13.3. The average Bonchev–Trinajstić information content (AvgIpc) is 3.17. The number of nitrogens with zero attached hydrogens (tertiary/aromatic N) is 1. The van der Waals surface area contributed by atoms with Gasteiger partial charge in [-0.05, 0) is 56.5 Å². The van der Waals surface area contributed by atoms with Crippen LogP contribution in [0.25, 0.3) is 0 Å². The molecule has 2 aliphatic rings. The zero-order valence-corrected chi connectivity index (χ0v) is 14.1. The van der Waals surface area contributed by atoms with Gasteiger partial charge in [-0.1, -0.05) is 6.07 Å². The maximum Gasteiger partial charge on any atom is 0.0472 e. The Morgan fingerprint density at radius 3 is 2.81 bits per heavy atom. The van der Waals surface area contributed by atoms with Gasteiger partial charge in [0, 0.05) is 43.3 Å². The first-order valence-electron chi connectivity index (χ1n) is 8.23. The molecule has 1 aromatic heterocycles. The van der Waals surface area contributed by atoms with Crippen LogP contribution in [0.4, 0.5) is 0 Å². The Morgan fingerprint density at radius 2 is 2.19 bits per heavy atom. The quantitative estimate of drug-likeness (QED) is 0.836. The van der Waals surface area contributed by atoms with Crippen molar-refractivity contribution in [2.45, 2.75) is 44.7 Å². The summed E-state index contributed by atoms with van der Waals surface area (Å²) in [7, 11) is 2.28. The SMILES string of the molecule is CC(c1cccs1)N(C)CC1(CNC2CC2)CCOCC1. The minimum atomic E-state index is 0.390. The topological polar surface area (TPSA) is 24.5 Å². The average molecular weight is 308 g/mol. The number of hydrogen-bond donors (Lipinski definition) is 1. The van der Waals surface area contributed by atoms with E-state index < -0.39 is 0 Å². The molecular weight excluding hydrogens is 280 g/mol. The lowest BCUT2D eigenvalue weighted by atomic mass is 9.79. The summed E-state index contributed by atoms with van der Waals surface area (Å²) in [6.45, 7) is 6.49. The maximum atomic E-state index is 5.62. The van der Waals surface area contributed by atoms with Crippen molar-refractivity contribution in [2.24, 2.45) is 5.41 Å². The van der Waals surface area contributed by atoms with Gasteiger partial charge in [0.1, 0.15) is 0 Å². The molecule has 1 saturated carbocycles. The van der Waals surface area contributed by atoms with Crippen molar-refractivity contribution in [3.63, 3.8) is 0 Å². The van der Waals surface area contributed by atoms with Crippen LogP contribution < -0.4 is 5.32 Å². The van der Waals surface area contributed by atoms with E-state index in [0.29, 0.717) is 11.5 Å². The van der Waals surface area contributed by atoms with Gasteiger partial charge in [-0.15, -0.1) is 11.3 Å². The van der Waals surface area contributed by atoms with E-state index in [9.17, 15) is 0 Å². The van der Waals surface area contributed by atoms with Gasteiger partial charge in [-0.3, -0.25) is 4.90 Å². The molecule has 4 heteroatoms. The van der Waals surface area contributed by atoms with E-state index in [4.69, 9.17) is 4.74 Å². The second-order valence-corrected chi connectivity index (χ2v) is 7.85. The minimum absolute atomic E-state index is 0.390. The summed E-state index contributed by atoms with van der Waals surface area (Å²) in [6.07, 6.45) is 5.12. The smallest absolute Gasteiger partial charge is 0.0472 e. The van der Waals surface area contributed by atoms with Gasteiger partial charge in [0.2, 0.25) is 0 Å². The number of rotatable bonds is 7. The van der Waals surface area contributed by atoms with Crippen molar-refractivity contribution in [1.29, 1.82) is 0 Å². The standard InChI is InChI=1S/C17H28N2OS/c1-14(16-4-3-11-21-16)19(2)13-17(7-9-20-10-8-17)12-18-15-5-6-15/h3-4,11,14-15,18H,5-10,12-13H2,1-2H3. The first-order chi connectivity index (χ1) is 10.2. The Balaban J connectivity index is 1.61. The molecule has 1 saturated heterocycles. The summed E-state index contributed by atoms with van der Waals surface area (Å²) in [5.74, 6) is 0. The van der Waals surface area contributed by atoms with E-state index in [2.05, 4.69) is 41.7 Å². The van der Waals surface area contributed by atoms with E-state index in [-0.39, 0.29) is 0 Å². The van der Waals surface area contributed by atoms with Gasteiger partial charge in [0.05, 0.1) is 0 Å². The Labute approximate surface area is 132 Å². The van der Waals surface area contributed by atoms with E-state index >= 15 is 0 Å². The summed E-state index contributed by atoms with van der Waals surface area (Å²) in [5.41, 5.74) is 0.390. The third kappa shape index (κ3) is 4.07. The molecule has 0 bridgehead atoms. The fraction of sp³-hybridized carbons (Fsp3) is 0.765. The highest BCUT2D eigenvalue weighted by Gasteiger charge is 2.36. The summed E-state index contributed by atoms with van der Waals surface area (Å²) in [6, 6.07) is 5.71. The molecule has 0 amide bonds. The fourth-order valence-electron chi connectivity index (χ4n) is 3.26. The molecule has 1 N–H and O–H groups in total. The highest BCUT2D eigenvalue weighted by molar-refractivity contribution is 7.10. The predicted molar refractivity (Wildman–Crippen MR) is 88.9 cm³/mol. The van der Waals surface area contributed by atoms with E-state index in [1.165, 1.54) is 30.6 Å². The van der Waals surface area contributed by atoms with Crippen LogP contribution >= 0.6 is 11.3 Å². The van der Waals surface area contributed by atoms with Crippen molar-refractivity contribution >= 4 is 11.3 Å². The summed E-state index contributed by atoms with van der Waals surface area (Å²) >= 11 is 1.87. The highest BCUT2D eigenvalue weighted by atomic mass is 32.1. The second kappa shape index (κ2) is 6.78. The molecule has 0 spiro atoms. The van der Waals surface area contributed by atoms with Crippen molar-refractivity contribution in [3.8, 4) is 0 Å². The minimum Gasteiger partial charge on any atom is -0.381 e. The molecule has 2 fully saturated rings. The summed E-state index contributed by atoms with van der Waals surface area (Å²) < 4.78 is 5.62. The maximum absolute atomic E-state index is 5.62. The molecule has 0 aromatic carbocycles. The normalized spacial score (nSPS) is 23.4. The number of nitrogens with one attached hydrogen (secondary N) is 1. The molecule has 2 heterocycles.